The number of hydrogen-bond acceptors (Lipinski definition) is 7. The first-order valence-electron chi connectivity index (χ1n) is 8.82. The highest BCUT2D eigenvalue weighted by Crippen LogP contribution is 2.41. The number of nitrogens with one attached hydrogen (secondary N) is 1. The molecular weight excluding hydrogens is 392 g/mol. The van der Waals surface area contributed by atoms with Crippen molar-refractivity contribution in [1.82, 2.24) is 9.55 Å². The molecule has 1 aromatic carbocycles. The van der Waals surface area contributed by atoms with Crippen molar-refractivity contribution >= 4 is 11.7 Å². The standard InChI is InChI=1S/C18H17F2N3O6/c19-18(20)8-11(9-24)29-16(18)23-4-3-14(22-17(23)26)21-15(25)10-1-2-12-13(7-10)28-6-5-27-12/h1-4,7,11,16,24H,5-6,8-9H2,(H,21,22,25,26). The highest BCUT2D eigenvalue weighted by atomic mass is 19.3. The Hall–Kier alpha value is -3.05. The molecule has 1 amide bonds. The summed E-state index contributed by atoms with van der Waals surface area (Å²) in [5, 5.41) is 11.5. The van der Waals surface area contributed by atoms with Crippen molar-refractivity contribution in [1.29, 1.82) is 0 Å². The zero-order valence-electron chi connectivity index (χ0n) is 15.0. The van der Waals surface area contributed by atoms with Crippen molar-refractivity contribution in [2.24, 2.45) is 0 Å². The Morgan fingerprint density at radius 1 is 1.28 bits per heavy atom. The van der Waals surface area contributed by atoms with Crippen LogP contribution >= 0.6 is 0 Å². The van der Waals surface area contributed by atoms with E-state index in [1.165, 1.54) is 18.2 Å². The number of aromatic nitrogens is 2. The van der Waals surface area contributed by atoms with E-state index in [-0.39, 0.29) is 11.4 Å². The van der Waals surface area contributed by atoms with E-state index in [1.54, 1.807) is 6.07 Å². The summed E-state index contributed by atoms with van der Waals surface area (Å²) in [5.74, 6) is -3.06. The van der Waals surface area contributed by atoms with Crippen LogP contribution in [0.15, 0.2) is 35.3 Å². The molecule has 1 aromatic heterocycles. The summed E-state index contributed by atoms with van der Waals surface area (Å²) >= 11 is 0. The first-order chi connectivity index (χ1) is 13.9. The van der Waals surface area contributed by atoms with Gasteiger partial charge in [0.1, 0.15) is 19.0 Å². The van der Waals surface area contributed by atoms with E-state index in [0.29, 0.717) is 29.3 Å². The van der Waals surface area contributed by atoms with Crippen LogP contribution < -0.4 is 20.5 Å². The van der Waals surface area contributed by atoms with Crippen LogP contribution in [0.3, 0.4) is 0 Å². The zero-order chi connectivity index (χ0) is 20.6. The van der Waals surface area contributed by atoms with E-state index in [0.717, 1.165) is 6.20 Å². The number of carbonyl (C=O) groups excluding carboxylic acids is 1. The minimum Gasteiger partial charge on any atom is -0.486 e. The quantitative estimate of drug-likeness (QED) is 0.780. The third-order valence-electron chi connectivity index (χ3n) is 4.51. The molecule has 2 atom stereocenters. The molecule has 9 nitrogen and oxygen atoms in total. The fourth-order valence-electron chi connectivity index (χ4n) is 3.14. The minimum absolute atomic E-state index is 0.105. The van der Waals surface area contributed by atoms with Gasteiger partial charge < -0.3 is 24.6 Å². The maximum atomic E-state index is 14.1. The predicted octanol–water partition coefficient (Wildman–Crippen LogP) is 1.18. The van der Waals surface area contributed by atoms with Gasteiger partial charge in [-0.15, -0.1) is 0 Å². The monoisotopic (exact) mass is 409 g/mol. The Morgan fingerprint density at radius 3 is 2.72 bits per heavy atom. The molecule has 0 aliphatic carbocycles. The first kappa shape index (κ1) is 19.3. The van der Waals surface area contributed by atoms with Gasteiger partial charge in [-0.05, 0) is 24.3 Å². The van der Waals surface area contributed by atoms with Crippen molar-refractivity contribution in [3.63, 3.8) is 0 Å². The number of benzene rings is 1. The summed E-state index contributed by atoms with van der Waals surface area (Å²) in [6.45, 7) is 0.197. The molecule has 2 aliphatic heterocycles. The summed E-state index contributed by atoms with van der Waals surface area (Å²) < 4.78 is 44.6. The lowest BCUT2D eigenvalue weighted by Gasteiger charge is -2.20. The Bertz CT molecular complexity index is 996. The van der Waals surface area contributed by atoms with Gasteiger partial charge in [-0.25, -0.2) is 13.6 Å². The molecule has 2 aliphatic rings. The van der Waals surface area contributed by atoms with Crippen molar-refractivity contribution < 1.29 is 32.9 Å². The fourth-order valence-corrected chi connectivity index (χ4v) is 3.14. The maximum Gasteiger partial charge on any atom is 0.351 e. The number of fused-ring (bicyclic) bond motifs is 1. The van der Waals surface area contributed by atoms with Crippen LogP contribution in [0.1, 0.15) is 23.0 Å². The lowest BCUT2D eigenvalue weighted by Crippen LogP contribution is -2.35. The smallest absolute Gasteiger partial charge is 0.351 e. The molecule has 4 rings (SSSR count). The maximum absolute atomic E-state index is 14.1. The van der Waals surface area contributed by atoms with Gasteiger partial charge in [-0.2, -0.15) is 4.98 Å². The highest BCUT2D eigenvalue weighted by Gasteiger charge is 2.51. The number of ether oxygens (including phenoxy) is 3. The molecular formula is C18H17F2N3O6. The van der Waals surface area contributed by atoms with Crippen molar-refractivity contribution in [3.05, 3.63) is 46.5 Å². The minimum atomic E-state index is -3.34. The van der Waals surface area contributed by atoms with Crippen LogP contribution in [-0.2, 0) is 4.74 Å². The molecule has 0 spiro atoms. The second kappa shape index (κ2) is 7.41. The lowest BCUT2D eigenvalue weighted by molar-refractivity contribution is -0.120. The number of anilines is 1. The van der Waals surface area contributed by atoms with Gasteiger partial charge in [-0.3, -0.25) is 9.36 Å². The predicted molar refractivity (Wildman–Crippen MR) is 94.4 cm³/mol. The molecule has 3 heterocycles. The van der Waals surface area contributed by atoms with Crippen LogP contribution in [0.5, 0.6) is 11.5 Å². The van der Waals surface area contributed by atoms with Gasteiger partial charge in [0.15, 0.2) is 11.5 Å². The molecule has 0 radical (unpaired) electrons. The number of hydrogen-bond donors (Lipinski definition) is 2. The van der Waals surface area contributed by atoms with E-state index in [2.05, 4.69) is 10.3 Å². The largest absolute Gasteiger partial charge is 0.486 e. The van der Waals surface area contributed by atoms with Crippen molar-refractivity contribution in [2.45, 2.75) is 24.7 Å². The second-order valence-corrected chi connectivity index (χ2v) is 6.57. The topological polar surface area (TPSA) is 112 Å². The SMILES string of the molecule is O=C(Nc1ccn(C2OC(CO)CC2(F)F)c(=O)n1)c1ccc2c(c1)OCCO2. The van der Waals surface area contributed by atoms with Crippen LogP contribution in [-0.4, -0.2) is 52.4 Å². The highest BCUT2D eigenvalue weighted by molar-refractivity contribution is 6.04. The third kappa shape index (κ3) is 3.78. The van der Waals surface area contributed by atoms with Crippen LogP contribution in [0.2, 0.25) is 0 Å². The van der Waals surface area contributed by atoms with Gasteiger partial charge in [-0.1, -0.05) is 0 Å². The second-order valence-electron chi connectivity index (χ2n) is 6.57. The van der Waals surface area contributed by atoms with E-state index in [4.69, 9.17) is 19.3 Å². The third-order valence-corrected chi connectivity index (χ3v) is 4.51. The normalized spacial score (nSPS) is 22.3. The summed E-state index contributed by atoms with van der Waals surface area (Å²) in [4.78, 5) is 28.2. The molecule has 11 heteroatoms. The van der Waals surface area contributed by atoms with Gasteiger partial charge in [0, 0.05) is 18.2 Å². The molecule has 2 N–H and O–H groups in total. The molecule has 29 heavy (non-hydrogen) atoms. The summed E-state index contributed by atoms with van der Waals surface area (Å²) in [7, 11) is 0. The van der Waals surface area contributed by atoms with Gasteiger partial charge in [0.05, 0.1) is 12.7 Å². The number of alkyl halides is 2. The number of nitrogens with zero attached hydrogens (tertiary/aromatic N) is 2. The number of aliphatic hydroxyl groups is 1. The van der Waals surface area contributed by atoms with E-state index >= 15 is 0 Å². The molecule has 2 aromatic rings. The van der Waals surface area contributed by atoms with E-state index < -0.39 is 42.9 Å². The summed E-state index contributed by atoms with van der Waals surface area (Å²) in [5.41, 5.74) is -0.773. The Labute approximate surface area is 162 Å². The number of amides is 1. The zero-order valence-corrected chi connectivity index (χ0v) is 15.0. The van der Waals surface area contributed by atoms with Crippen molar-refractivity contribution in [3.8, 4) is 11.5 Å². The van der Waals surface area contributed by atoms with Gasteiger partial charge in [0.2, 0.25) is 6.23 Å². The van der Waals surface area contributed by atoms with Gasteiger partial charge in [0.25, 0.3) is 11.8 Å². The van der Waals surface area contributed by atoms with Gasteiger partial charge >= 0.3 is 5.69 Å². The molecule has 2 unspecified atom stereocenters. The molecule has 1 saturated heterocycles. The Morgan fingerprint density at radius 2 is 2.03 bits per heavy atom. The Balaban J connectivity index is 1.51. The molecule has 1 fully saturated rings. The molecule has 0 saturated carbocycles. The number of halogens is 2. The number of rotatable bonds is 4. The van der Waals surface area contributed by atoms with Crippen LogP contribution in [0.4, 0.5) is 14.6 Å². The molecule has 154 valence electrons. The number of carbonyl (C=O) groups is 1. The average Bonchev–Trinajstić information content (AvgIpc) is 3.02. The summed E-state index contributed by atoms with van der Waals surface area (Å²) in [6, 6.07) is 5.81. The first-order valence-corrected chi connectivity index (χ1v) is 8.82. The van der Waals surface area contributed by atoms with Crippen LogP contribution in [0.25, 0.3) is 0 Å². The van der Waals surface area contributed by atoms with E-state index in [1.807, 2.05) is 0 Å². The lowest BCUT2D eigenvalue weighted by atomic mass is 10.2. The average molecular weight is 409 g/mol. The summed E-state index contributed by atoms with van der Waals surface area (Å²) in [6.07, 6.45) is -2.59. The number of aliphatic hydroxyl groups excluding tert-OH is 1. The fraction of sp³-hybridized carbons (Fsp3) is 0.389. The van der Waals surface area contributed by atoms with E-state index in [9.17, 15) is 18.4 Å². The Kier molecular flexibility index (Phi) is 4.92. The van der Waals surface area contributed by atoms with Crippen molar-refractivity contribution in [2.75, 3.05) is 25.1 Å². The molecule has 0 bridgehead atoms. The van der Waals surface area contributed by atoms with Crippen LogP contribution in [0, 0.1) is 0 Å².